The van der Waals surface area contributed by atoms with Gasteiger partial charge >= 0.3 is 6.09 Å². The van der Waals surface area contributed by atoms with E-state index in [0.717, 1.165) is 0 Å². The molecule has 0 atom stereocenters. The molecule has 0 aliphatic heterocycles. The lowest BCUT2D eigenvalue weighted by atomic mass is 10.0. The Bertz CT molecular complexity index is 595. The van der Waals surface area contributed by atoms with E-state index >= 15 is 0 Å². The van der Waals surface area contributed by atoms with Gasteiger partial charge in [0.1, 0.15) is 5.60 Å². The minimum absolute atomic E-state index is 0.216. The molecule has 3 N–H and O–H groups in total. The summed E-state index contributed by atoms with van der Waals surface area (Å²) < 4.78 is 5.06. The van der Waals surface area contributed by atoms with Gasteiger partial charge in [0.2, 0.25) is 0 Å². The van der Waals surface area contributed by atoms with Crippen molar-refractivity contribution in [1.82, 2.24) is 0 Å². The van der Waals surface area contributed by atoms with Crippen molar-refractivity contribution in [1.29, 1.82) is 5.26 Å². The minimum atomic E-state index is -0.751. The minimum Gasteiger partial charge on any atom is -0.442 e. The van der Waals surface area contributed by atoms with Gasteiger partial charge in [0.05, 0.1) is 24.0 Å². The number of hydrogen-bond acceptors (Lipinski definition) is 5. The van der Waals surface area contributed by atoms with Crippen molar-refractivity contribution in [3.8, 4) is 6.07 Å². The van der Waals surface area contributed by atoms with Crippen LogP contribution in [0.15, 0.2) is 23.2 Å². The molecule has 0 saturated heterocycles. The van der Waals surface area contributed by atoms with Gasteiger partial charge in [0.15, 0.2) is 0 Å². The van der Waals surface area contributed by atoms with Crippen molar-refractivity contribution in [2.45, 2.75) is 32.8 Å². The molecule has 1 aromatic carbocycles. The van der Waals surface area contributed by atoms with Crippen molar-refractivity contribution >= 4 is 17.5 Å². The van der Waals surface area contributed by atoms with Crippen molar-refractivity contribution in [2.24, 2.45) is 4.99 Å². The molecule has 0 saturated carbocycles. The monoisotopic (exact) mass is 289 g/mol. The highest BCUT2D eigenvalue weighted by Gasteiger charge is 2.16. The van der Waals surface area contributed by atoms with E-state index in [1.165, 1.54) is 6.07 Å². The van der Waals surface area contributed by atoms with Crippen LogP contribution < -0.4 is 5.73 Å². The maximum absolute atomic E-state index is 11.6. The number of hydrogen-bond donors (Lipinski definition) is 2. The Balaban J connectivity index is 2.88. The second kappa shape index (κ2) is 6.86. The van der Waals surface area contributed by atoms with Crippen LogP contribution in [0.2, 0.25) is 0 Å². The van der Waals surface area contributed by atoms with E-state index in [2.05, 4.69) is 4.99 Å². The molecule has 0 bridgehead atoms. The highest BCUT2D eigenvalue weighted by molar-refractivity contribution is 5.96. The number of benzene rings is 1. The summed E-state index contributed by atoms with van der Waals surface area (Å²) >= 11 is 0. The molecule has 0 unspecified atom stereocenters. The van der Waals surface area contributed by atoms with Crippen LogP contribution in [0.4, 0.5) is 10.5 Å². The van der Waals surface area contributed by atoms with E-state index in [1.54, 1.807) is 32.9 Å². The van der Waals surface area contributed by atoms with E-state index in [4.69, 9.17) is 15.7 Å². The molecule has 21 heavy (non-hydrogen) atoms. The van der Waals surface area contributed by atoms with Crippen molar-refractivity contribution in [3.05, 3.63) is 29.3 Å². The first-order valence-electron chi connectivity index (χ1n) is 6.44. The van der Waals surface area contributed by atoms with Crippen molar-refractivity contribution in [2.75, 3.05) is 12.3 Å². The Kier molecular flexibility index (Phi) is 5.44. The third-order valence-corrected chi connectivity index (χ3v) is 2.49. The number of aliphatic imine (C=N–C) groups is 1. The zero-order valence-corrected chi connectivity index (χ0v) is 12.4. The van der Waals surface area contributed by atoms with Gasteiger partial charge in [-0.05, 0) is 38.5 Å². The van der Waals surface area contributed by atoms with Crippen molar-refractivity contribution in [3.63, 3.8) is 0 Å². The number of nitrogens with two attached hydrogens (primary N) is 1. The van der Waals surface area contributed by atoms with Crippen LogP contribution in [0, 0.1) is 11.3 Å². The van der Waals surface area contributed by atoms with E-state index in [9.17, 15) is 9.90 Å². The fourth-order valence-corrected chi connectivity index (χ4v) is 1.59. The van der Waals surface area contributed by atoms with E-state index in [0.29, 0.717) is 16.8 Å². The van der Waals surface area contributed by atoms with Gasteiger partial charge in [0.25, 0.3) is 0 Å². The lowest BCUT2D eigenvalue weighted by Gasteiger charge is -2.17. The Morgan fingerprint density at radius 2 is 2.14 bits per heavy atom. The molecule has 1 rings (SSSR count). The third-order valence-electron chi connectivity index (χ3n) is 2.49. The average Bonchev–Trinajstić information content (AvgIpc) is 2.37. The first kappa shape index (κ1) is 16.7. The number of ether oxygens (including phenoxy) is 1. The molecule has 0 spiro atoms. The van der Waals surface area contributed by atoms with Crippen LogP contribution in [0.3, 0.4) is 0 Å². The average molecular weight is 289 g/mol. The molecular weight excluding hydrogens is 270 g/mol. The number of carbonyl (C=O) groups is 1. The summed E-state index contributed by atoms with van der Waals surface area (Å²) in [5, 5.41) is 18.1. The first-order valence-corrected chi connectivity index (χ1v) is 6.44. The second-order valence-corrected chi connectivity index (χ2v) is 5.52. The van der Waals surface area contributed by atoms with Crippen LogP contribution in [0.1, 0.15) is 31.9 Å². The summed E-state index contributed by atoms with van der Waals surface area (Å²) in [6.45, 7) is 4.83. The molecule has 6 nitrogen and oxygen atoms in total. The quantitative estimate of drug-likeness (QED) is 0.654. The van der Waals surface area contributed by atoms with Gasteiger partial charge in [-0.1, -0.05) is 6.07 Å². The van der Waals surface area contributed by atoms with Crippen LogP contribution in [-0.2, 0) is 11.2 Å². The zero-order valence-electron chi connectivity index (χ0n) is 12.4. The number of nitrogen functional groups attached to an aromatic ring is 1. The summed E-state index contributed by atoms with van der Waals surface area (Å²) in [5.74, 6) is 0. The number of rotatable bonds is 3. The highest BCUT2D eigenvalue weighted by atomic mass is 16.6. The lowest BCUT2D eigenvalue weighted by molar-refractivity contribution is 0.0603. The molecule has 112 valence electrons. The number of nitrogens with zero attached hydrogens (tertiary/aromatic N) is 2. The van der Waals surface area contributed by atoms with Crippen LogP contribution in [0.5, 0.6) is 0 Å². The largest absolute Gasteiger partial charge is 0.442 e. The Morgan fingerprint density at radius 1 is 1.48 bits per heavy atom. The third kappa shape index (κ3) is 5.63. The number of aliphatic hydroxyl groups excluding tert-OH is 1. The van der Waals surface area contributed by atoms with Gasteiger partial charge in [0, 0.05) is 12.1 Å². The van der Waals surface area contributed by atoms with Crippen LogP contribution in [0.25, 0.3) is 0 Å². The summed E-state index contributed by atoms with van der Waals surface area (Å²) in [4.78, 5) is 15.4. The van der Waals surface area contributed by atoms with E-state index in [-0.39, 0.29) is 18.7 Å². The topological polar surface area (TPSA) is 109 Å². The number of aliphatic hydroxyl groups is 1. The number of anilines is 1. The smallest absolute Gasteiger partial charge is 0.434 e. The number of amides is 1. The Hall–Kier alpha value is -2.39. The molecular formula is C15H19N3O3. The maximum atomic E-state index is 11.6. The first-order chi connectivity index (χ1) is 9.75. The maximum Gasteiger partial charge on any atom is 0.434 e. The predicted molar refractivity (Wildman–Crippen MR) is 80.0 cm³/mol. The highest BCUT2D eigenvalue weighted by Crippen LogP contribution is 2.15. The normalized spacial score (nSPS) is 11.9. The van der Waals surface area contributed by atoms with Crippen molar-refractivity contribution < 1.29 is 14.6 Å². The molecule has 0 fully saturated rings. The predicted octanol–water partition coefficient (Wildman–Crippen LogP) is 2.05. The Morgan fingerprint density at radius 3 is 2.62 bits per heavy atom. The van der Waals surface area contributed by atoms with Gasteiger partial charge in [-0.15, -0.1) is 0 Å². The fraction of sp³-hybridized carbons (Fsp3) is 0.400. The molecule has 1 aromatic rings. The van der Waals surface area contributed by atoms with Crippen LogP contribution >= 0.6 is 0 Å². The SMILES string of the molecule is CC(C)(C)OC(=O)/N=C(\CO)Cc1ccc(C#N)cc1N. The second-order valence-electron chi connectivity index (χ2n) is 5.52. The van der Waals surface area contributed by atoms with Gasteiger partial charge < -0.3 is 15.6 Å². The molecule has 0 heterocycles. The lowest BCUT2D eigenvalue weighted by Crippen LogP contribution is -2.23. The summed E-state index contributed by atoms with van der Waals surface area (Å²) in [6, 6.07) is 6.82. The molecule has 1 amide bonds. The summed E-state index contributed by atoms with van der Waals surface area (Å²) in [5.41, 5.74) is 6.99. The summed E-state index contributed by atoms with van der Waals surface area (Å²) in [6.07, 6.45) is -0.536. The van der Waals surface area contributed by atoms with Gasteiger partial charge in [-0.25, -0.2) is 4.79 Å². The molecule has 6 heteroatoms. The summed E-state index contributed by atoms with van der Waals surface area (Å²) in [7, 11) is 0. The Labute approximate surface area is 123 Å². The zero-order chi connectivity index (χ0) is 16.0. The molecule has 0 aliphatic rings. The van der Waals surface area contributed by atoms with Crippen LogP contribution in [-0.4, -0.2) is 29.1 Å². The number of nitriles is 1. The molecule has 0 aliphatic carbocycles. The fourth-order valence-electron chi connectivity index (χ4n) is 1.59. The standard InChI is InChI=1S/C15H19N3O3/c1-15(2,3)21-14(20)18-12(9-19)7-11-5-4-10(8-16)6-13(11)17/h4-6,19H,7,9,17H2,1-3H3/b18-12-. The van der Waals surface area contributed by atoms with E-state index < -0.39 is 11.7 Å². The van der Waals surface area contributed by atoms with Gasteiger partial charge in [-0.2, -0.15) is 10.3 Å². The molecule has 0 aromatic heterocycles. The number of carbonyl (C=O) groups excluding carboxylic acids is 1. The van der Waals surface area contributed by atoms with Gasteiger partial charge in [-0.3, -0.25) is 0 Å². The molecule has 0 radical (unpaired) electrons. The van der Waals surface area contributed by atoms with E-state index in [1.807, 2.05) is 6.07 Å².